The van der Waals surface area contributed by atoms with Gasteiger partial charge in [0.2, 0.25) is 0 Å². The van der Waals surface area contributed by atoms with E-state index in [1.54, 1.807) is 0 Å². The molecule has 0 atom stereocenters. The van der Waals surface area contributed by atoms with Crippen molar-refractivity contribution in [3.8, 4) is 5.75 Å². The molecule has 0 aromatic heterocycles. The molecule has 0 spiro atoms. The van der Waals surface area contributed by atoms with E-state index >= 15 is 0 Å². The van der Waals surface area contributed by atoms with E-state index in [0.29, 0.717) is 5.75 Å². The number of carbonyl (C=O) groups excluding carboxylic acids is 1. The second kappa shape index (κ2) is 5.56. The Morgan fingerprint density at radius 2 is 1.85 bits per heavy atom. The summed E-state index contributed by atoms with van der Waals surface area (Å²) < 4.78 is 32.0. The van der Waals surface area contributed by atoms with Crippen LogP contribution in [0.4, 0.5) is 20.2 Å². The standard InChI is InChI=1S/C14H12F2N2O2/c1-20-9-3-5-12(16)13(7-9)18-14(19)10-6-8(17)2-4-11(10)15/h2-7H,17H2,1H3,(H,18,19). The van der Waals surface area contributed by atoms with Crippen LogP contribution in [-0.4, -0.2) is 13.0 Å². The van der Waals surface area contributed by atoms with Crippen molar-refractivity contribution in [3.05, 3.63) is 53.6 Å². The van der Waals surface area contributed by atoms with Crippen molar-refractivity contribution < 1.29 is 18.3 Å². The lowest BCUT2D eigenvalue weighted by Gasteiger charge is -2.09. The number of hydrogen-bond acceptors (Lipinski definition) is 3. The third kappa shape index (κ3) is 2.85. The number of methoxy groups -OCH3 is 1. The summed E-state index contributed by atoms with van der Waals surface area (Å²) in [6.07, 6.45) is 0. The second-order valence-electron chi connectivity index (χ2n) is 4.04. The van der Waals surface area contributed by atoms with Crippen LogP contribution < -0.4 is 15.8 Å². The first-order valence-corrected chi connectivity index (χ1v) is 5.71. The molecule has 0 heterocycles. The van der Waals surface area contributed by atoms with Crippen LogP contribution in [0.25, 0.3) is 0 Å². The van der Waals surface area contributed by atoms with Crippen LogP contribution in [0.5, 0.6) is 5.75 Å². The van der Waals surface area contributed by atoms with Crippen LogP contribution in [0, 0.1) is 11.6 Å². The third-order valence-electron chi connectivity index (χ3n) is 2.66. The van der Waals surface area contributed by atoms with Crippen molar-refractivity contribution in [2.75, 3.05) is 18.2 Å². The van der Waals surface area contributed by atoms with Gasteiger partial charge >= 0.3 is 0 Å². The zero-order chi connectivity index (χ0) is 14.7. The minimum Gasteiger partial charge on any atom is -0.497 e. The Hall–Kier alpha value is -2.63. The Bertz CT molecular complexity index is 660. The van der Waals surface area contributed by atoms with Gasteiger partial charge in [-0.2, -0.15) is 0 Å². The molecule has 6 heteroatoms. The van der Waals surface area contributed by atoms with Gasteiger partial charge in [-0.15, -0.1) is 0 Å². The summed E-state index contributed by atoms with van der Waals surface area (Å²) in [5.74, 6) is -1.81. The summed E-state index contributed by atoms with van der Waals surface area (Å²) >= 11 is 0. The van der Waals surface area contributed by atoms with Crippen molar-refractivity contribution in [2.45, 2.75) is 0 Å². The fraction of sp³-hybridized carbons (Fsp3) is 0.0714. The number of benzene rings is 2. The molecule has 2 aromatic rings. The smallest absolute Gasteiger partial charge is 0.258 e. The van der Waals surface area contributed by atoms with Crippen LogP contribution in [0.1, 0.15) is 10.4 Å². The topological polar surface area (TPSA) is 64.3 Å². The van der Waals surface area contributed by atoms with E-state index in [9.17, 15) is 13.6 Å². The second-order valence-corrected chi connectivity index (χ2v) is 4.04. The van der Waals surface area contributed by atoms with Gasteiger partial charge in [0.15, 0.2) is 0 Å². The molecule has 104 valence electrons. The van der Waals surface area contributed by atoms with Crippen molar-refractivity contribution in [1.82, 2.24) is 0 Å². The van der Waals surface area contributed by atoms with Crippen LogP contribution >= 0.6 is 0 Å². The first-order chi connectivity index (χ1) is 9.51. The molecule has 0 saturated carbocycles. The summed E-state index contributed by atoms with van der Waals surface area (Å²) in [4.78, 5) is 11.9. The normalized spacial score (nSPS) is 10.2. The zero-order valence-corrected chi connectivity index (χ0v) is 10.6. The lowest BCUT2D eigenvalue weighted by molar-refractivity contribution is 0.102. The van der Waals surface area contributed by atoms with Gasteiger partial charge in [0.05, 0.1) is 18.4 Å². The number of nitrogen functional groups attached to an aromatic ring is 1. The molecule has 3 N–H and O–H groups in total. The summed E-state index contributed by atoms with van der Waals surface area (Å²) in [5, 5.41) is 2.28. The molecule has 2 rings (SSSR count). The maximum atomic E-state index is 13.6. The number of nitrogens with two attached hydrogens (primary N) is 1. The summed E-state index contributed by atoms with van der Waals surface area (Å²) in [6, 6.07) is 7.45. The van der Waals surface area contributed by atoms with Crippen LogP contribution in [0.15, 0.2) is 36.4 Å². The highest BCUT2D eigenvalue weighted by Gasteiger charge is 2.14. The van der Waals surface area contributed by atoms with Gasteiger partial charge in [-0.25, -0.2) is 8.78 Å². The molecule has 0 aliphatic carbocycles. The molecule has 0 radical (unpaired) electrons. The Labute approximate surface area is 114 Å². The number of carbonyl (C=O) groups is 1. The molecule has 0 bridgehead atoms. The summed E-state index contributed by atoms with van der Waals surface area (Å²) in [6.45, 7) is 0. The van der Waals surface area contributed by atoms with Gasteiger partial charge in [-0.3, -0.25) is 4.79 Å². The Balaban J connectivity index is 2.30. The predicted molar refractivity (Wildman–Crippen MR) is 71.7 cm³/mol. The predicted octanol–water partition coefficient (Wildman–Crippen LogP) is 2.81. The van der Waals surface area contributed by atoms with Gasteiger partial charge in [0.25, 0.3) is 5.91 Å². The highest BCUT2D eigenvalue weighted by atomic mass is 19.1. The monoisotopic (exact) mass is 278 g/mol. The quantitative estimate of drug-likeness (QED) is 0.848. The molecule has 0 fully saturated rings. The largest absolute Gasteiger partial charge is 0.497 e. The van der Waals surface area contributed by atoms with E-state index < -0.39 is 17.5 Å². The third-order valence-corrected chi connectivity index (χ3v) is 2.66. The number of nitrogens with one attached hydrogen (secondary N) is 1. The van der Waals surface area contributed by atoms with Crippen molar-refractivity contribution in [3.63, 3.8) is 0 Å². The Morgan fingerprint density at radius 3 is 2.55 bits per heavy atom. The SMILES string of the molecule is COc1ccc(F)c(NC(=O)c2cc(N)ccc2F)c1. The highest BCUT2D eigenvalue weighted by Crippen LogP contribution is 2.22. The maximum Gasteiger partial charge on any atom is 0.258 e. The first-order valence-electron chi connectivity index (χ1n) is 5.71. The Morgan fingerprint density at radius 1 is 1.15 bits per heavy atom. The fourth-order valence-electron chi connectivity index (χ4n) is 1.63. The van der Waals surface area contributed by atoms with Crippen LogP contribution in [0.2, 0.25) is 0 Å². The van der Waals surface area contributed by atoms with Gasteiger partial charge in [-0.05, 0) is 30.3 Å². The number of ether oxygens (including phenoxy) is 1. The van der Waals surface area contributed by atoms with E-state index in [2.05, 4.69) is 5.32 Å². The molecule has 20 heavy (non-hydrogen) atoms. The number of halogens is 2. The number of anilines is 2. The van der Waals surface area contributed by atoms with Crippen molar-refractivity contribution >= 4 is 17.3 Å². The van der Waals surface area contributed by atoms with E-state index in [1.165, 1.54) is 31.4 Å². The molecule has 0 aliphatic rings. The molecular formula is C14H12F2N2O2. The average Bonchev–Trinajstić information content (AvgIpc) is 2.43. The van der Waals surface area contributed by atoms with Gasteiger partial charge < -0.3 is 15.8 Å². The maximum absolute atomic E-state index is 13.6. The van der Waals surface area contributed by atoms with Gasteiger partial charge in [0, 0.05) is 11.8 Å². The lowest BCUT2D eigenvalue weighted by atomic mass is 10.1. The highest BCUT2D eigenvalue weighted by molar-refractivity contribution is 6.05. The van der Waals surface area contributed by atoms with E-state index in [0.717, 1.165) is 12.1 Å². The number of rotatable bonds is 3. The van der Waals surface area contributed by atoms with Crippen LogP contribution in [-0.2, 0) is 0 Å². The molecule has 0 unspecified atom stereocenters. The van der Waals surface area contributed by atoms with Crippen molar-refractivity contribution in [1.29, 1.82) is 0 Å². The molecule has 1 amide bonds. The Kier molecular flexibility index (Phi) is 3.84. The number of amides is 1. The van der Waals surface area contributed by atoms with Crippen LogP contribution in [0.3, 0.4) is 0 Å². The molecule has 4 nitrogen and oxygen atoms in total. The molecule has 2 aromatic carbocycles. The summed E-state index contributed by atoms with van der Waals surface area (Å²) in [5.41, 5.74) is 5.37. The van der Waals surface area contributed by atoms with Gasteiger partial charge in [0.1, 0.15) is 17.4 Å². The fourth-order valence-corrected chi connectivity index (χ4v) is 1.63. The first kappa shape index (κ1) is 13.8. The van der Waals surface area contributed by atoms with E-state index in [4.69, 9.17) is 10.5 Å². The molecule has 0 aliphatic heterocycles. The molecular weight excluding hydrogens is 266 g/mol. The zero-order valence-electron chi connectivity index (χ0n) is 10.6. The minimum atomic E-state index is -0.790. The van der Waals surface area contributed by atoms with E-state index in [1.807, 2.05) is 0 Å². The molecule has 0 saturated heterocycles. The van der Waals surface area contributed by atoms with Gasteiger partial charge in [-0.1, -0.05) is 0 Å². The lowest BCUT2D eigenvalue weighted by Crippen LogP contribution is -2.15. The van der Waals surface area contributed by atoms with Crippen molar-refractivity contribution in [2.24, 2.45) is 0 Å². The minimum absolute atomic E-state index is 0.101. The van der Waals surface area contributed by atoms with E-state index in [-0.39, 0.29) is 16.9 Å². The number of hydrogen-bond donors (Lipinski definition) is 2. The average molecular weight is 278 g/mol. The summed E-state index contributed by atoms with van der Waals surface area (Å²) in [7, 11) is 1.41.